The molecule has 0 fully saturated rings. The van der Waals surface area contributed by atoms with E-state index in [2.05, 4.69) is 38.7 Å². The Balaban J connectivity index is 2.45. The molecule has 0 heterocycles. The predicted octanol–water partition coefficient (Wildman–Crippen LogP) is 3.11. The molecular formula is C13H18O. The van der Waals surface area contributed by atoms with Gasteiger partial charge in [-0.25, -0.2) is 0 Å². The van der Waals surface area contributed by atoms with E-state index in [9.17, 15) is 4.79 Å². The standard InChI is InChI=1S/C13H18O/c1-13(2,3)10-6-9-12(14)11-7-4-5-8-11/h7H,4-5,8-9H2,1-3H3. The van der Waals surface area contributed by atoms with Gasteiger partial charge in [-0.05, 0) is 45.6 Å². The summed E-state index contributed by atoms with van der Waals surface area (Å²) in [5, 5.41) is 0. The summed E-state index contributed by atoms with van der Waals surface area (Å²) in [5.41, 5.74) is 0.998. The molecule has 14 heavy (non-hydrogen) atoms. The molecule has 0 radical (unpaired) electrons. The number of hydrogen-bond donors (Lipinski definition) is 0. The lowest BCUT2D eigenvalue weighted by atomic mass is 9.97. The first-order valence-corrected chi connectivity index (χ1v) is 5.21. The molecule has 0 bridgehead atoms. The average molecular weight is 190 g/mol. The van der Waals surface area contributed by atoms with Crippen molar-refractivity contribution in [3.8, 4) is 11.8 Å². The quantitative estimate of drug-likeness (QED) is 0.611. The molecule has 0 N–H and O–H groups in total. The molecule has 76 valence electrons. The summed E-state index contributed by atoms with van der Waals surface area (Å²) in [7, 11) is 0. The third-order valence-corrected chi connectivity index (χ3v) is 2.11. The lowest BCUT2D eigenvalue weighted by Gasteiger charge is -2.06. The Hall–Kier alpha value is -1.03. The van der Waals surface area contributed by atoms with Crippen LogP contribution in [0.2, 0.25) is 0 Å². The Labute approximate surface area is 86.6 Å². The van der Waals surface area contributed by atoms with E-state index >= 15 is 0 Å². The number of ketones is 1. The number of Topliss-reactive ketones (excluding diaryl/α,β-unsaturated/α-hetero) is 1. The van der Waals surface area contributed by atoms with E-state index in [0.717, 1.165) is 24.8 Å². The molecule has 1 heteroatoms. The Kier molecular flexibility index (Phi) is 3.52. The normalized spacial score (nSPS) is 15.8. The van der Waals surface area contributed by atoms with Crippen LogP contribution in [0.3, 0.4) is 0 Å². The van der Waals surface area contributed by atoms with Gasteiger partial charge in [-0.15, -0.1) is 0 Å². The highest BCUT2D eigenvalue weighted by molar-refractivity contribution is 5.97. The smallest absolute Gasteiger partial charge is 0.170 e. The van der Waals surface area contributed by atoms with Crippen molar-refractivity contribution in [3.63, 3.8) is 0 Å². The molecule has 0 saturated carbocycles. The Bertz CT molecular complexity index is 304. The van der Waals surface area contributed by atoms with Crippen molar-refractivity contribution in [2.24, 2.45) is 5.41 Å². The van der Waals surface area contributed by atoms with Crippen LogP contribution in [0.1, 0.15) is 46.5 Å². The summed E-state index contributed by atoms with van der Waals surface area (Å²) >= 11 is 0. The first-order chi connectivity index (χ1) is 6.49. The van der Waals surface area contributed by atoms with Crippen LogP contribution in [-0.2, 0) is 4.79 Å². The van der Waals surface area contributed by atoms with Crippen LogP contribution < -0.4 is 0 Å². The maximum absolute atomic E-state index is 11.6. The lowest BCUT2D eigenvalue weighted by molar-refractivity contribution is -0.114. The fourth-order valence-electron chi connectivity index (χ4n) is 1.43. The van der Waals surface area contributed by atoms with Crippen LogP contribution in [0.15, 0.2) is 11.6 Å². The Morgan fingerprint density at radius 3 is 2.71 bits per heavy atom. The molecule has 1 aliphatic carbocycles. The minimum atomic E-state index is 0.00430. The fraction of sp³-hybridized carbons (Fsp3) is 0.615. The molecule has 1 rings (SSSR count). The Morgan fingerprint density at radius 2 is 2.21 bits per heavy atom. The van der Waals surface area contributed by atoms with E-state index in [1.165, 1.54) is 0 Å². The highest BCUT2D eigenvalue weighted by Gasteiger charge is 2.12. The van der Waals surface area contributed by atoms with E-state index in [-0.39, 0.29) is 11.2 Å². The van der Waals surface area contributed by atoms with Crippen LogP contribution in [0.25, 0.3) is 0 Å². The summed E-state index contributed by atoms with van der Waals surface area (Å²) in [6.07, 6.45) is 5.60. The molecule has 0 aromatic carbocycles. The van der Waals surface area contributed by atoms with Gasteiger partial charge in [-0.1, -0.05) is 17.9 Å². The molecule has 0 unspecified atom stereocenters. The third kappa shape index (κ3) is 3.79. The lowest BCUT2D eigenvalue weighted by Crippen LogP contribution is -2.02. The van der Waals surface area contributed by atoms with Crippen molar-refractivity contribution < 1.29 is 4.79 Å². The SMILES string of the molecule is CC(C)(C)C#CCC(=O)C1=CCCC1. The van der Waals surface area contributed by atoms with Crippen LogP contribution in [-0.4, -0.2) is 5.78 Å². The zero-order chi connectivity index (χ0) is 10.6. The highest BCUT2D eigenvalue weighted by atomic mass is 16.1. The summed E-state index contributed by atoms with van der Waals surface area (Å²) in [4.78, 5) is 11.6. The van der Waals surface area contributed by atoms with Gasteiger partial charge in [0.25, 0.3) is 0 Å². The average Bonchev–Trinajstić information content (AvgIpc) is 2.53. The molecule has 0 aromatic rings. The second kappa shape index (κ2) is 4.46. The van der Waals surface area contributed by atoms with E-state index in [4.69, 9.17) is 0 Å². The van der Waals surface area contributed by atoms with Gasteiger partial charge in [0, 0.05) is 5.41 Å². The summed E-state index contributed by atoms with van der Waals surface area (Å²) in [6.45, 7) is 6.16. The second-order valence-corrected chi connectivity index (χ2v) is 4.77. The van der Waals surface area contributed by atoms with Crippen molar-refractivity contribution in [1.82, 2.24) is 0 Å². The summed E-state index contributed by atoms with van der Waals surface area (Å²) < 4.78 is 0. The minimum Gasteiger partial charge on any atom is -0.293 e. The molecule has 0 aliphatic heterocycles. The van der Waals surface area contributed by atoms with Crippen LogP contribution in [0.4, 0.5) is 0 Å². The first-order valence-electron chi connectivity index (χ1n) is 5.21. The largest absolute Gasteiger partial charge is 0.293 e. The monoisotopic (exact) mass is 190 g/mol. The van der Waals surface area contributed by atoms with Crippen molar-refractivity contribution in [2.75, 3.05) is 0 Å². The number of carbonyl (C=O) groups is 1. The van der Waals surface area contributed by atoms with E-state index < -0.39 is 0 Å². The predicted molar refractivity (Wildman–Crippen MR) is 58.8 cm³/mol. The maximum Gasteiger partial charge on any atom is 0.170 e. The van der Waals surface area contributed by atoms with Crippen molar-refractivity contribution in [1.29, 1.82) is 0 Å². The molecule has 0 aromatic heterocycles. The summed E-state index contributed by atoms with van der Waals surface area (Å²) in [6, 6.07) is 0. The highest BCUT2D eigenvalue weighted by Crippen LogP contribution is 2.19. The van der Waals surface area contributed by atoms with Crippen LogP contribution in [0.5, 0.6) is 0 Å². The number of carbonyl (C=O) groups excluding carboxylic acids is 1. The number of hydrogen-bond acceptors (Lipinski definition) is 1. The van der Waals surface area contributed by atoms with Gasteiger partial charge in [0.05, 0.1) is 6.42 Å². The molecule has 1 aliphatic rings. The van der Waals surface area contributed by atoms with Gasteiger partial charge in [0.1, 0.15) is 0 Å². The van der Waals surface area contributed by atoms with Crippen LogP contribution in [0, 0.1) is 17.3 Å². The van der Waals surface area contributed by atoms with Gasteiger partial charge in [-0.2, -0.15) is 0 Å². The minimum absolute atomic E-state index is 0.00430. The van der Waals surface area contributed by atoms with Gasteiger partial charge >= 0.3 is 0 Å². The molecule has 0 spiro atoms. The number of allylic oxidation sites excluding steroid dienone is 2. The molecule has 0 amide bonds. The van der Waals surface area contributed by atoms with Gasteiger partial charge in [-0.3, -0.25) is 4.79 Å². The van der Waals surface area contributed by atoms with Gasteiger partial charge in [0.15, 0.2) is 5.78 Å². The van der Waals surface area contributed by atoms with Gasteiger partial charge in [0.2, 0.25) is 0 Å². The van der Waals surface area contributed by atoms with Crippen molar-refractivity contribution in [3.05, 3.63) is 11.6 Å². The summed E-state index contributed by atoms with van der Waals surface area (Å²) in [5.74, 6) is 6.26. The third-order valence-electron chi connectivity index (χ3n) is 2.11. The van der Waals surface area contributed by atoms with E-state index in [1.807, 2.05) is 0 Å². The molecule has 0 atom stereocenters. The van der Waals surface area contributed by atoms with Crippen molar-refractivity contribution >= 4 is 5.78 Å². The maximum atomic E-state index is 11.6. The fourth-order valence-corrected chi connectivity index (χ4v) is 1.43. The zero-order valence-corrected chi connectivity index (χ0v) is 9.31. The Morgan fingerprint density at radius 1 is 1.50 bits per heavy atom. The van der Waals surface area contributed by atoms with Crippen LogP contribution >= 0.6 is 0 Å². The zero-order valence-electron chi connectivity index (χ0n) is 9.31. The number of rotatable bonds is 2. The second-order valence-electron chi connectivity index (χ2n) is 4.77. The molecular weight excluding hydrogens is 172 g/mol. The van der Waals surface area contributed by atoms with Crippen molar-refractivity contribution in [2.45, 2.75) is 46.5 Å². The van der Waals surface area contributed by atoms with Gasteiger partial charge < -0.3 is 0 Å². The first kappa shape index (κ1) is 11.0. The topological polar surface area (TPSA) is 17.1 Å². The van der Waals surface area contributed by atoms with E-state index in [1.54, 1.807) is 0 Å². The van der Waals surface area contributed by atoms with E-state index in [0.29, 0.717) is 6.42 Å². The molecule has 0 saturated heterocycles. The molecule has 1 nitrogen and oxygen atoms in total.